The van der Waals surface area contributed by atoms with Gasteiger partial charge in [-0.15, -0.1) is 12.6 Å². The van der Waals surface area contributed by atoms with E-state index in [0.29, 0.717) is 24.0 Å². The zero-order chi connectivity index (χ0) is 94.2. The number of carboxylic acid groups (broad SMARTS) is 3. The third-order valence-corrected chi connectivity index (χ3v) is 19.1. The number of hydrogen-bond donors (Lipinski definition) is 27. The number of thiol groups is 1. The van der Waals surface area contributed by atoms with Gasteiger partial charge in [0.1, 0.15) is 90.0 Å². The molecule has 0 aliphatic rings. The molecule has 0 aromatic heterocycles. The SMILES string of the molecule is CC(C)[C@H](NC(=O)[C@H](CCCCN)NC(=O)[C@@H](NC(=O)[C@@H](NC(=O)[C@H](Cc1ccccc1)NC(=O)[C@@H](NC(=O)[C@H](CC(=O)O)NC(=O)[C@H](CC(=O)O)NC(=O)[C@H](CC(=O)O)NC(=O)[C@H](CC(N)=O)NC(=O)[C@H](Cc1ccc(O)cc1)NC(=O)[C@H](CCCCN)NC(=O)[C@@H](NC(=O)[C@@H](N)Cc1ccc(O)cc1)[C@@H](C)O)[C@@H](C)O)[C@@H](C)O)C(C)C)C(=O)NCC(=O)S. The topological polar surface area (TPSA) is 759 Å². The van der Waals surface area contributed by atoms with Gasteiger partial charge in [0, 0.05) is 12.8 Å². The maximum absolute atomic E-state index is 14.5. The maximum Gasteiger partial charge on any atom is 0.305 e. The molecule has 15 amide bonds. The standard InChI is InChI=1S/C79H116N18O27S/c1-37(2)61(75(120)84-36-60(110)125)93-68(113)49(18-12-14-28-81)85-76(121)62(38(3)4)94-79(124)65(41(7)100)97-73(118)51(30-42-15-9-8-10-16-42)92-78(123)64(40(6)99)96-74(119)55(35-59(108)109)91-72(117)54(34-58(106)107)90-71(116)53(33-57(104)105)89-70(115)52(32-56(83)103)88-69(114)50(31-44-21-25-46(102)26-22-44)87-67(112)48(17-11-13-27-80)86-77(122)63(39(5)98)95-66(111)47(82)29-43-19-23-45(101)24-20-43/h8-10,15-16,19-26,37-41,47-55,61-65,98-102H,11-14,17-18,27-36,80-82H2,1-7H3,(H2,83,103)(H,84,120)(H,85,121)(H,86,122)(H,87,112)(H,88,114)(H,89,115)(H,90,116)(H,91,117)(H,92,123)(H,93,113)(H,94,124)(H,95,111)(H,96,119)(H,97,118)(H,104,105)(H,106,107)(H,108,109)(H,110,125)/t39-,40-,41-,47+,48+,49+,50+,51+,52+,53+,54+,55+,61+,62+,63+,64+,65+/m1/s1. The molecule has 0 aliphatic heterocycles. The van der Waals surface area contributed by atoms with Crippen LogP contribution in [-0.2, 0) is 110 Å². The van der Waals surface area contributed by atoms with Crippen molar-refractivity contribution < 1.29 is 132 Å². The summed E-state index contributed by atoms with van der Waals surface area (Å²) in [6.07, 6.45) is -11.1. The van der Waals surface area contributed by atoms with Crippen molar-refractivity contribution in [3.8, 4) is 11.5 Å². The fourth-order valence-electron chi connectivity index (χ4n) is 12.2. The van der Waals surface area contributed by atoms with E-state index in [0.717, 1.165) is 20.8 Å². The van der Waals surface area contributed by atoms with Crippen molar-refractivity contribution in [2.75, 3.05) is 19.6 Å². The molecule has 0 unspecified atom stereocenters. The molecule has 3 aromatic rings. The van der Waals surface area contributed by atoms with E-state index in [2.05, 4.69) is 65.8 Å². The van der Waals surface area contributed by atoms with Crippen molar-refractivity contribution in [3.63, 3.8) is 0 Å². The summed E-state index contributed by atoms with van der Waals surface area (Å²) in [5.74, 6) is -26.0. The van der Waals surface area contributed by atoms with E-state index in [4.69, 9.17) is 22.9 Å². The number of benzene rings is 3. The number of phenolic OH excluding ortho intramolecular Hbond substituents is 2. The van der Waals surface area contributed by atoms with Gasteiger partial charge in [0.15, 0.2) is 0 Å². The third-order valence-electron chi connectivity index (χ3n) is 19.0. The number of primary amides is 1. The summed E-state index contributed by atoms with van der Waals surface area (Å²) in [5.41, 5.74) is 24.1. The monoisotopic (exact) mass is 1780 g/mol. The summed E-state index contributed by atoms with van der Waals surface area (Å²) >= 11 is 3.65. The Labute approximate surface area is 723 Å². The fourth-order valence-corrected chi connectivity index (χ4v) is 12.2. The first-order valence-electron chi connectivity index (χ1n) is 39.8. The number of aliphatic hydroxyl groups excluding tert-OH is 3. The van der Waals surface area contributed by atoms with Gasteiger partial charge >= 0.3 is 17.9 Å². The number of nitrogens with two attached hydrogens (primary N) is 4. The molecule has 0 saturated carbocycles. The average molecular weight is 1780 g/mol. The van der Waals surface area contributed by atoms with Crippen LogP contribution in [0.2, 0.25) is 0 Å². The van der Waals surface area contributed by atoms with Gasteiger partial charge in [-0.25, -0.2) is 0 Å². The second-order valence-electron chi connectivity index (χ2n) is 30.3. The molecule has 0 heterocycles. The molecule has 0 saturated heterocycles. The van der Waals surface area contributed by atoms with Crippen molar-refractivity contribution in [2.45, 2.75) is 235 Å². The van der Waals surface area contributed by atoms with E-state index in [9.17, 15) is 132 Å². The van der Waals surface area contributed by atoms with E-state index >= 15 is 0 Å². The van der Waals surface area contributed by atoms with E-state index < -0.39 is 271 Å². The minimum atomic E-state index is -2.45. The molecule has 0 aliphatic carbocycles. The van der Waals surface area contributed by atoms with Crippen LogP contribution in [0.3, 0.4) is 0 Å². The van der Waals surface area contributed by atoms with Gasteiger partial charge < -0.3 is 138 Å². The molecule has 0 radical (unpaired) electrons. The first kappa shape index (κ1) is 107. The zero-order valence-corrected chi connectivity index (χ0v) is 70.8. The number of aliphatic hydroxyl groups is 3. The van der Waals surface area contributed by atoms with Crippen LogP contribution in [0.4, 0.5) is 0 Å². The predicted octanol–water partition coefficient (Wildman–Crippen LogP) is -7.66. The summed E-state index contributed by atoms with van der Waals surface area (Å²) < 4.78 is 0. The predicted molar refractivity (Wildman–Crippen MR) is 445 cm³/mol. The van der Waals surface area contributed by atoms with Gasteiger partial charge in [-0.2, -0.15) is 0 Å². The van der Waals surface area contributed by atoms with Gasteiger partial charge in [0.2, 0.25) is 93.7 Å². The third kappa shape index (κ3) is 38.4. The number of carboxylic acids is 3. The lowest BCUT2D eigenvalue weighted by molar-refractivity contribution is -0.144. The van der Waals surface area contributed by atoms with Crippen molar-refractivity contribution in [1.29, 1.82) is 0 Å². The van der Waals surface area contributed by atoms with Gasteiger partial charge in [-0.1, -0.05) is 82.3 Å². The number of hydrogen-bond acceptors (Lipinski definition) is 27. The Morgan fingerprint density at radius 3 is 0.960 bits per heavy atom. The number of phenols is 2. The number of nitrogens with one attached hydrogen (secondary N) is 14. The fraction of sp³-hybridized carbons (Fsp3) is 0.532. The van der Waals surface area contributed by atoms with Crippen LogP contribution in [0.1, 0.15) is 129 Å². The Morgan fingerprint density at radius 1 is 0.328 bits per heavy atom. The smallest absolute Gasteiger partial charge is 0.305 e. The van der Waals surface area contributed by atoms with E-state index in [1.165, 1.54) is 86.6 Å². The van der Waals surface area contributed by atoms with Crippen molar-refractivity contribution in [3.05, 3.63) is 95.6 Å². The van der Waals surface area contributed by atoms with Crippen molar-refractivity contribution in [2.24, 2.45) is 34.8 Å². The number of unbranched alkanes of at least 4 members (excludes halogenated alkanes) is 2. The van der Waals surface area contributed by atoms with Gasteiger partial charge in [-0.05, 0) is 132 Å². The van der Waals surface area contributed by atoms with Crippen LogP contribution in [0.25, 0.3) is 0 Å². The van der Waals surface area contributed by atoms with Gasteiger partial charge in [-0.3, -0.25) is 91.1 Å². The van der Waals surface area contributed by atoms with Crippen LogP contribution in [0.15, 0.2) is 78.9 Å². The number of carbonyl (C=O) groups is 19. The summed E-state index contributed by atoms with van der Waals surface area (Å²) in [7, 11) is 0. The Bertz CT molecular complexity index is 4220. The molecule has 3 aromatic carbocycles. The second kappa shape index (κ2) is 53.5. The largest absolute Gasteiger partial charge is 0.508 e. The summed E-state index contributed by atoms with van der Waals surface area (Å²) in [6, 6.07) is -7.68. The van der Waals surface area contributed by atoms with E-state index in [1.54, 1.807) is 19.9 Å². The maximum atomic E-state index is 14.5. The minimum absolute atomic E-state index is 0.0149. The Morgan fingerprint density at radius 2 is 0.600 bits per heavy atom. The highest BCUT2D eigenvalue weighted by Crippen LogP contribution is 2.18. The molecule has 46 heteroatoms. The molecular weight excluding hydrogens is 1670 g/mol. The van der Waals surface area contributed by atoms with Crippen LogP contribution >= 0.6 is 12.6 Å². The lowest BCUT2D eigenvalue weighted by Crippen LogP contribution is -2.63. The molecule has 45 nitrogen and oxygen atoms in total. The first-order chi connectivity index (χ1) is 58.7. The Balaban J connectivity index is 1.96. The first-order valence-corrected chi connectivity index (χ1v) is 40.3. The highest BCUT2D eigenvalue weighted by molar-refractivity contribution is 7.96. The molecular formula is C79H116N18O27S. The van der Waals surface area contributed by atoms with Crippen molar-refractivity contribution >= 4 is 124 Å². The van der Waals surface area contributed by atoms with Gasteiger partial charge in [0.25, 0.3) is 0 Å². The summed E-state index contributed by atoms with van der Waals surface area (Å²) in [4.78, 5) is 259. The molecule has 125 heavy (non-hydrogen) atoms. The molecule has 17 atom stereocenters. The zero-order valence-electron chi connectivity index (χ0n) is 69.9. The molecule has 3 rings (SSSR count). The summed E-state index contributed by atoms with van der Waals surface area (Å²) in [5, 5.41) is 114. The minimum Gasteiger partial charge on any atom is -0.508 e. The molecule has 0 fully saturated rings. The van der Waals surface area contributed by atoms with Crippen LogP contribution in [0.5, 0.6) is 11.5 Å². The molecule has 690 valence electrons. The van der Waals surface area contributed by atoms with Gasteiger partial charge in [0.05, 0.1) is 56.6 Å². The highest BCUT2D eigenvalue weighted by atomic mass is 32.1. The van der Waals surface area contributed by atoms with E-state index in [-0.39, 0.29) is 62.3 Å². The number of aromatic hydroxyl groups is 2. The lowest BCUT2D eigenvalue weighted by Gasteiger charge is -2.30. The number of amides is 15. The van der Waals surface area contributed by atoms with Crippen LogP contribution < -0.4 is 97.4 Å². The number of aliphatic carboxylic acids is 3. The van der Waals surface area contributed by atoms with Crippen molar-refractivity contribution in [1.82, 2.24) is 74.4 Å². The normalized spacial score (nSPS) is 15.2. The Hall–Kier alpha value is -12.5. The quantitative estimate of drug-likeness (QED) is 0.0184. The lowest BCUT2D eigenvalue weighted by atomic mass is 9.99. The molecule has 0 bridgehead atoms. The average Bonchev–Trinajstić information content (AvgIpc) is 0.840. The summed E-state index contributed by atoms with van der Waals surface area (Å²) in [6.45, 7) is 9.24. The Kier molecular flexibility index (Phi) is 45.7. The molecule has 0 spiro atoms. The number of rotatable bonds is 56. The molecule has 30 N–H and O–H groups in total. The van der Waals surface area contributed by atoms with Crippen LogP contribution in [-0.4, -0.2) is 275 Å². The van der Waals surface area contributed by atoms with Crippen LogP contribution in [0, 0.1) is 11.8 Å². The van der Waals surface area contributed by atoms with E-state index in [1.807, 2.05) is 21.3 Å². The highest BCUT2D eigenvalue weighted by Gasteiger charge is 2.42. The second-order valence-corrected chi connectivity index (χ2v) is 30.8. The number of carbonyl (C=O) groups excluding carboxylic acids is 16.